The predicted molar refractivity (Wildman–Crippen MR) is 84.7 cm³/mol. The minimum absolute atomic E-state index is 0.0884. The van der Waals surface area contributed by atoms with Crippen LogP contribution >= 0.6 is 0 Å². The molecule has 0 aliphatic heterocycles. The van der Waals surface area contributed by atoms with Crippen molar-refractivity contribution in [2.45, 2.75) is 96.7 Å². The first-order chi connectivity index (χ1) is 9.99. The molecule has 1 saturated carbocycles. The molecule has 5 nitrogen and oxygen atoms in total. The molecule has 0 amide bonds. The summed E-state index contributed by atoms with van der Waals surface area (Å²) in [6.45, 7) is 11.4. The second-order valence-electron chi connectivity index (χ2n) is 7.71. The van der Waals surface area contributed by atoms with Crippen molar-refractivity contribution in [3.8, 4) is 0 Å². The van der Waals surface area contributed by atoms with E-state index in [1.54, 1.807) is 13.8 Å². The van der Waals surface area contributed by atoms with E-state index in [1.807, 2.05) is 27.7 Å². The molecule has 0 aromatic rings. The molecule has 0 radical (unpaired) electrons. The van der Waals surface area contributed by atoms with E-state index in [0.717, 1.165) is 19.3 Å². The summed E-state index contributed by atoms with van der Waals surface area (Å²) in [5.74, 6) is -0.392. The average molecular weight is 316 g/mol. The Hall–Kier alpha value is -0.650. The van der Waals surface area contributed by atoms with Gasteiger partial charge in [-0.2, -0.15) is 0 Å². The van der Waals surface area contributed by atoms with Gasteiger partial charge in [0.1, 0.15) is 6.61 Å². The van der Waals surface area contributed by atoms with Crippen molar-refractivity contribution in [1.29, 1.82) is 0 Å². The molecule has 1 aliphatic rings. The van der Waals surface area contributed by atoms with Gasteiger partial charge < -0.3 is 19.3 Å². The van der Waals surface area contributed by atoms with Crippen molar-refractivity contribution in [1.82, 2.24) is 0 Å². The van der Waals surface area contributed by atoms with Gasteiger partial charge in [-0.15, -0.1) is 0 Å². The van der Waals surface area contributed by atoms with Crippen molar-refractivity contribution in [2.75, 3.05) is 6.61 Å². The van der Waals surface area contributed by atoms with Crippen LogP contribution in [0.1, 0.15) is 67.2 Å². The van der Waals surface area contributed by atoms with E-state index >= 15 is 0 Å². The lowest BCUT2D eigenvalue weighted by atomic mass is 9.94. The van der Waals surface area contributed by atoms with Gasteiger partial charge in [0.05, 0.1) is 23.9 Å². The molecule has 22 heavy (non-hydrogen) atoms. The largest absolute Gasteiger partial charge is 0.461 e. The summed E-state index contributed by atoms with van der Waals surface area (Å²) in [6.07, 6.45) is 2.61. The van der Waals surface area contributed by atoms with E-state index in [4.69, 9.17) is 14.2 Å². The van der Waals surface area contributed by atoms with E-state index < -0.39 is 11.6 Å². The lowest BCUT2D eigenvalue weighted by molar-refractivity contribution is -0.184. The number of carbonyl (C=O) groups is 1. The summed E-state index contributed by atoms with van der Waals surface area (Å²) in [5.41, 5.74) is -1.28. The summed E-state index contributed by atoms with van der Waals surface area (Å²) in [4.78, 5) is 12.2. The van der Waals surface area contributed by atoms with Crippen LogP contribution in [0.15, 0.2) is 0 Å². The van der Waals surface area contributed by atoms with Gasteiger partial charge >= 0.3 is 5.97 Å². The third kappa shape index (κ3) is 7.07. The molecule has 130 valence electrons. The summed E-state index contributed by atoms with van der Waals surface area (Å²) in [6, 6.07) is 0. The van der Waals surface area contributed by atoms with Crippen LogP contribution in [-0.2, 0) is 19.0 Å². The minimum Gasteiger partial charge on any atom is -0.461 e. The van der Waals surface area contributed by atoms with E-state index in [9.17, 15) is 9.90 Å². The zero-order chi connectivity index (χ0) is 17.0. The third-order valence-electron chi connectivity index (χ3n) is 3.56. The zero-order valence-electron chi connectivity index (χ0n) is 14.8. The molecular weight excluding hydrogens is 284 g/mol. The highest BCUT2D eigenvalue weighted by Crippen LogP contribution is 2.26. The highest BCUT2D eigenvalue weighted by molar-refractivity contribution is 5.78. The molecule has 1 rings (SSSR count). The van der Waals surface area contributed by atoms with Crippen molar-refractivity contribution < 1.29 is 24.1 Å². The Morgan fingerprint density at radius 1 is 1.23 bits per heavy atom. The number of aliphatic hydroxyl groups excluding tert-OH is 1. The lowest BCUT2D eigenvalue weighted by Crippen LogP contribution is -2.43. The average Bonchev–Trinajstić information content (AvgIpc) is 2.33. The summed E-state index contributed by atoms with van der Waals surface area (Å²) < 4.78 is 16.9. The van der Waals surface area contributed by atoms with Crippen LogP contribution in [0, 0.1) is 0 Å². The van der Waals surface area contributed by atoms with Gasteiger partial charge in [0.15, 0.2) is 5.60 Å². The second kappa shape index (κ2) is 7.75. The number of ether oxygens (including phenoxy) is 3. The van der Waals surface area contributed by atoms with Crippen LogP contribution in [0.3, 0.4) is 0 Å². The summed E-state index contributed by atoms with van der Waals surface area (Å²) in [7, 11) is 0. The Labute approximate surface area is 134 Å². The Morgan fingerprint density at radius 2 is 1.86 bits per heavy atom. The first kappa shape index (κ1) is 19.4. The van der Waals surface area contributed by atoms with Crippen molar-refractivity contribution >= 4 is 5.97 Å². The highest BCUT2D eigenvalue weighted by Gasteiger charge is 2.35. The van der Waals surface area contributed by atoms with Crippen molar-refractivity contribution in [2.24, 2.45) is 0 Å². The SMILES string of the molecule is CC(COC(=O)C(C)(C)OC1CCCC(O)C1)OC(C)(C)C. The molecule has 1 N–H and O–H groups in total. The van der Waals surface area contributed by atoms with Crippen LogP contribution in [-0.4, -0.2) is 47.2 Å². The van der Waals surface area contributed by atoms with Crippen LogP contribution in [0.25, 0.3) is 0 Å². The van der Waals surface area contributed by atoms with Crippen LogP contribution in [0.4, 0.5) is 0 Å². The number of hydrogen-bond donors (Lipinski definition) is 1. The fraction of sp³-hybridized carbons (Fsp3) is 0.941. The molecule has 1 aliphatic carbocycles. The van der Waals surface area contributed by atoms with Gasteiger partial charge in [-0.05, 0) is 67.2 Å². The predicted octanol–water partition coefficient (Wildman–Crippen LogP) is 2.83. The topological polar surface area (TPSA) is 65.0 Å². The summed E-state index contributed by atoms with van der Waals surface area (Å²) >= 11 is 0. The molecule has 3 atom stereocenters. The van der Waals surface area contributed by atoms with Gasteiger partial charge in [-0.1, -0.05) is 0 Å². The van der Waals surface area contributed by atoms with Crippen molar-refractivity contribution in [3.05, 3.63) is 0 Å². The maximum Gasteiger partial charge on any atom is 0.337 e. The summed E-state index contributed by atoms with van der Waals surface area (Å²) in [5, 5.41) is 9.69. The van der Waals surface area contributed by atoms with Gasteiger partial charge in [0.25, 0.3) is 0 Å². The first-order valence-electron chi connectivity index (χ1n) is 8.20. The minimum atomic E-state index is -1.01. The van der Waals surface area contributed by atoms with E-state index in [1.165, 1.54) is 0 Å². The molecule has 0 aromatic carbocycles. The number of aliphatic hydroxyl groups is 1. The van der Waals surface area contributed by atoms with Crippen LogP contribution < -0.4 is 0 Å². The quantitative estimate of drug-likeness (QED) is 0.763. The fourth-order valence-electron chi connectivity index (χ4n) is 2.70. The van der Waals surface area contributed by atoms with E-state index in [0.29, 0.717) is 6.42 Å². The molecule has 0 saturated heterocycles. The van der Waals surface area contributed by atoms with Gasteiger partial charge in [-0.3, -0.25) is 0 Å². The molecule has 3 unspecified atom stereocenters. The number of hydrogen-bond acceptors (Lipinski definition) is 5. The van der Waals surface area contributed by atoms with Gasteiger partial charge in [-0.25, -0.2) is 4.79 Å². The number of esters is 1. The number of rotatable bonds is 6. The molecule has 5 heteroatoms. The monoisotopic (exact) mass is 316 g/mol. The fourth-order valence-corrected chi connectivity index (χ4v) is 2.70. The van der Waals surface area contributed by atoms with Gasteiger partial charge in [0.2, 0.25) is 0 Å². The first-order valence-corrected chi connectivity index (χ1v) is 8.20. The molecule has 0 bridgehead atoms. The van der Waals surface area contributed by atoms with Crippen LogP contribution in [0.2, 0.25) is 0 Å². The van der Waals surface area contributed by atoms with Crippen LogP contribution in [0.5, 0.6) is 0 Å². The Bertz CT molecular complexity index is 359. The van der Waals surface area contributed by atoms with Gasteiger partial charge in [0, 0.05) is 0 Å². The molecule has 0 aromatic heterocycles. The standard InChI is InChI=1S/C17H32O5/c1-12(21-16(2,3)4)11-20-15(19)17(5,6)22-14-9-7-8-13(18)10-14/h12-14,18H,7-11H2,1-6H3. The molecule has 0 heterocycles. The van der Waals surface area contributed by atoms with E-state index in [2.05, 4.69) is 0 Å². The molecule has 1 fully saturated rings. The smallest absolute Gasteiger partial charge is 0.337 e. The zero-order valence-corrected chi connectivity index (χ0v) is 14.8. The number of carbonyl (C=O) groups excluding carboxylic acids is 1. The highest BCUT2D eigenvalue weighted by atomic mass is 16.6. The Balaban J connectivity index is 2.42. The Morgan fingerprint density at radius 3 is 2.41 bits per heavy atom. The Kier molecular flexibility index (Phi) is 6.84. The molecular formula is C17H32O5. The lowest BCUT2D eigenvalue weighted by Gasteiger charge is -2.33. The maximum absolute atomic E-state index is 12.2. The maximum atomic E-state index is 12.2. The van der Waals surface area contributed by atoms with E-state index in [-0.39, 0.29) is 30.5 Å². The van der Waals surface area contributed by atoms with Crippen molar-refractivity contribution in [3.63, 3.8) is 0 Å². The molecule has 0 spiro atoms. The second-order valence-corrected chi connectivity index (χ2v) is 7.71. The normalized spacial score (nSPS) is 24.9. The third-order valence-corrected chi connectivity index (χ3v) is 3.56.